The zero-order valence-corrected chi connectivity index (χ0v) is 13.4. The molecule has 3 unspecified atom stereocenters. The van der Waals surface area contributed by atoms with Crippen LogP contribution in [0, 0.1) is 0 Å². The molecule has 1 aliphatic rings. The number of aromatic hydroxyl groups is 3. The Balaban J connectivity index is 2.07. The van der Waals surface area contributed by atoms with Crippen LogP contribution in [0.4, 0.5) is 0 Å². The van der Waals surface area contributed by atoms with Crippen LogP contribution in [0.3, 0.4) is 0 Å². The Morgan fingerprint density at radius 3 is 2.44 bits per heavy atom. The van der Waals surface area contributed by atoms with Crippen LogP contribution in [-0.4, -0.2) is 39.6 Å². The van der Waals surface area contributed by atoms with Gasteiger partial charge in [0, 0.05) is 23.6 Å². The molecule has 0 aromatic heterocycles. The molecule has 25 heavy (non-hydrogen) atoms. The molecule has 1 aliphatic heterocycles. The first-order chi connectivity index (χ1) is 11.9. The van der Waals surface area contributed by atoms with Crippen molar-refractivity contribution in [1.82, 2.24) is 0 Å². The second kappa shape index (κ2) is 6.52. The molecule has 0 saturated heterocycles. The molecule has 0 fully saturated rings. The summed E-state index contributed by atoms with van der Waals surface area (Å²) >= 11 is 0. The molecule has 4 N–H and O–H groups in total. The summed E-state index contributed by atoms with van der Waals surface area (Å²) in [6.45, 7) is 0. The number of rotatable bonds is 3. The third kappa shape index (κ3) is 3.18. The lowest BCUT2D eigenvalue weighted by Gasteiger charge is -2.37. The molecule has 7 nitrogen and oxygen atoms in total. The van der Waals surface area contributed by atoms with Gasteiger partial charge < -0.3 is 29.9 Å². The van der Waals surface area contributed by atoms with E-state index < -0.39 is 24.1 Å². The van der Waals surface area contributed by atoms with E-state index >= 15 is 0 Å². The Kier molecular flexibility index (Phi) is 4.41. The molecule has 7 heteroatoms. The van der Waals surface area contributed by atoms with Crippen molar-refractivity contribution >= 4 is 5.97 Å². The molecule has 3 rings (SSSR count). The number of hydrogen-bond donors (Lipinski definition) is 4. The number of benzene rings is 2. The van der Waals surface area contributed by atoms with Gasteiger partial charge in [-0.25, -0.2) is 0 Å². The van der Waals surface area contributed by atoms with Crippen molar-refractivity contribution in [3.05, 3.63) is 47.5 Å². The van der Waals surface area contributed by atoms with E-state index in [0.717, 1.165) is 6.07 Å². The molecule has 0 bridgehead atoms. The van der Waals surface area contributed by atoms with Gasteiger partial charge in [-0.2, -0.15) is 0 Å². The van der Waals surface area contributed by atoms with E-state index in [2.05, 4.69) is 4.74 Å². The van der Waals surface area contributed by atoms with Gasteiger partial charge in [0.1, 0.15) is 29.1 Å². The van der Waals surface area contributed by atoms with E-state index in [9.17, 15) is 25.2 Å². The average Bonchev–Trinajstić information content (AvgIpc) is 2.57. The summed E-state index contributed by atoms with van der Waals surface area (Å²) in [5.74, 6) is -1.56. The number of phenols is 3. The van der Waals surface area contributed by atoms with Crippen molar-refractivity contribution < 1.29 is 34.7 Å². The number of carbonyl (C=O) groups is 1. The van der Waals surface area contributed by atoms with Crippen LogP contribution in [0.2, 0.25) is 0 Å². The molecule has 0 amide bonds. The van der Waals surface area contributed by atoms with Crippen LogP contribution in [0.25, 0.3) is 0 Å². The monoisotopic (exact) mass is 346 g/mol. The molecule has 0 saturated carbocycles. The van der Waals surface area contributed by atoms with Crippen LogP contribution in [0.5, 0.6) is 23.0 Å². The minimum atomic E-state index is -1.15. The van der Waals surface area contributed by atoms with Gasteiger partial charge >= 0.3 is 5.97 Å². The lowest BCUT2D eigenvalue weighted by molar-refractivity contribution is -0.142. The molecule has 0 spiro atoms. The van der Waals surface area contributed by atoms with Crippen molar-refractivity contribution in [3.8, 4) is 23.0 Å². The molecule has 1 heterocycles. The van der Waals surface area contributed by atoms with E-state index in [1.165, 1.54) is 25.3 Å². The van der Waals surface area contributed by atoms with E-state index in [1.54, 1.807) is 12.1 Å². The number of carbonyl (C=O) groups excluding carboxylic acids is 1. The van der Waals surface area contributed by atoms with Gasteiger partial charge in [-0.1, -0.05) is 12.1 Å². The molecule has 3 atom stereocenters. The van der Waals surface area contributed by atoms with Gasteiger partial charge in [0.25, 0.3) is 0 Å². The number of methoxy groups -OCH3 is 1. The van der Waals surface area contributed by atoms with Crippen LogP contribution in [-0.2, 0) is 9.53 Å². The van der Waals surface area contributed by atoms with E-state index in [4.69, 9.17) is 4.74 Å². The van der Waals surface area contributed by atoms with Gasteiger partial charge in [-0.15, -0.1) is 0 Å². The summed E-state index contributed by atoms with van der Waals surface area (Å²) < 4.78 is 10.5. The fourth-order valence-corrected chi connectivity index (χ4v) is 3.07. The SMILES string of the molecule is COC(=O)CC1c2c(O)cc(O)cc2OC(c2ccc(O)cc2)C1O. The number of esters is 1. The number of aliphatic hydroxyl groups is 1. The standard InChI is InChI=1S/C18H18O7/c1-24-15(22)8-12-16-13(21)6-11(20)7-14(16)25-18(17(12)23)9-2-4-10(19)5-3-9/h2-7,12,17-21,23H,8H2,1H3. The van der Waals surface area contributed by atoms with Crippen LogP contribution in [0.1, 0.15) is 29.6 Å². The maximum atomic E-state index is 11.8. The van der Waals surface area contributed by atoms with Gasteiger partial charge in [0.2, 0.25) is 0 Å². The predicted molar refractivity (Wildman–Crippen MR) is 86.6 cm³/mol. The molecule has 2 aromatic rings. The number of aliphatic hydroxyl groups excluding tert-OH is 1. The van der Waals surface area contributed by atoms with Crippen LogP contribution >= 0.6 is 0 Å². The minimum absolute atomic E-state index is 0.0656. The van der Waals surface area contributed by atoms with Crippen LogP contribution in [0.15, 0.2) is 36.4 Å². The Bertz CT molecular complexity index is 785. The zero-order chi connectivity index (χ0) is 18.1. The fourth-order valence-electron chi connectivity index (χ4n) is 3.07. The maximum absolute atomic E-state index is 11.8. The summed E-state index contributed by atoms with van der Waals surface area (Å²) in [5, 5.41) is 40.1. The smallest absolute Gasteiger partial charge is 0.306 e. The molecular formula is C18H18O7. The second-order valence-electron chi connectivity index (χ2n) is 5.88. The maximum Gasteiger partial charge on any atom is 0.306 e. The normalized spacial score (nSPS) is 21.9. The van der Waals surface area contributed by atoms with Crippen LogP contribution < -0.4 is 4.74 Å². The molecule has 132 valence electrons. The quantitative estimate of drug-likeness (QED) is 0.628. The second-order valence-corrected chi connectivity index (χ2v) is 5.88. The lowest BCUT2D eigenvalue weighted by atomic mass is 9.82. The first-order valence-corrected chi connectivity index (χ1v) is 7.67. The highest BCUT2D eigenvalue weighted by molar-refractivity contribution is 5.71. The fraction of sp³-hybridized carbons (Fsp3) is 0.278. The number of phenolic OH excluding ortho intramolecular Hbond substituents is 3. The largest absolute Gasteiger partial charge is 0.508 e. The summed E-state index contributed by atoms with van der Waals surface area (Å²) in [5.41, 5.74) is 0.819. The molecular weight excluding hydrogens is 328 g/mol. The van der Waals surface area contributed by atoms with Crippen molar-refractivity contribution in [2.75, 3.05) is 7.11 Å². The number of hydrogen-bond acceptors (Lipinski definition) is 7. The third-order valence-corrected chi connectivity index (χ3v) is 4.29. The highest BCUT2D eigenvalue weighted by Crippen LogP contribution is 2.49. The summed E-state index contributed by atoms with van der Waals surface area (Å²) in [7, 11) is 1.24. The summed E-state index contributed by atoms with van der Waals surface area (Å²) in [6.07, 6.45) is -2.16. The molecule has 2 aromatic carbocycles. The van der Waals surface area contributed by atoms with E-state index in [1.807, 2.05) is 0 Å². The minimum Gasteiger partial charge on any atom is -0.508 e. The lowest BCUT2D eigenvalue weighted by Crippen LogP contribution is -2.35. The van der Waals surface area contributed by atoms with Gasteiger partial charge in [0.15, 0.2) is 6.10 Å². The highest BCUT2D eigenvalue weighted by Gasteiger charge is 2.41. The Hall–Kier alpha value is -2.93. The van der Waals surface area contributed by atoms with Crippen molar-refractivity contribution in [1.29, 1.82) is 0 Å². The third-order valence-electron chi connectivity index (χ3n) is 4.29. The van der Waals surface area contributed by atoms with Gasteiger partial charge in [0.05, 0.1) is 13.5 Å². The molecule has 0 aliphatic carbocycles. The van der Waals surface area contributed by atoms with Crippen molar-refractivity contribution in [3.63, 3.8) is 0 Å². The van der Waals surface area contributed by atoms with Gasteiger partial charge in [-0.3, -0.25) is 4.79 Å². The van der Waals surface area contributed by atoms with Crippen molar-refractivity contribution in [2.45, 2.75) is 24.5 Å². The van der Waals surface area contributed by atoms with E-state index in [-0.39, 0.29) is 35.0 Å². The average molecular weight is 346 g/mol. The Morgan fingerprint density at radius 1 is 1.12 bits per heavy atom. The first-order valence-electron chi connectivity index (χ1n) is 7.67. The topological polar surface area (TPSA) is 116 Å². The highest BCUT2D eigenvalue weighted by atomic mass is 16.5. The zero-order valence-electron chi connectivity index (χ0n) is 13.4. The van der Waals surface area contributed by atoms with Gasteiger partial charge in [-0.05, 0) is 17.7 Å². The number of fused-ring (bicyclic) bond motifs is 1. The predicted octanol–water partition coefficient (Wildman–Crippen LogP) is 1.94. The number of ether oxygens (including phenoxy) is 2. The van der Waals surface area contributed by atoms with Crippen molar-refractivity contribution in [2.24, 2.45) is 0 Å². The Labute approximate surface area is 143 Å². The van der Waals surface area contributed by atoms with E-state index in [0.29, 0.717) is 5.56 Å². The summed E-state index contributed by atoms with van der Waals surface area (Å²) in [6, 6.07) is 8.53. The Morgan fingerprint density at radius 2 is 1.80 bits per heavy atom. The first kappa shape index (κ1) is 16.9. The summed E-state index contributed by atoms with van der Waals surface area (Å²) in [4.78, 5) is 11.8. The molecule has 0 radical (unpaired) electrons.